The zero-order valence-corrected chi connectivity index (χ0v) is 15.5. The van der Waals surface area contributed by atoms with Crippen molar-refractivity contribution in [2.75, 3.05) is 18.0 Å². The fourth-order valence-electron chi connectivity index (χ4n) is 4.56. The van der Waals surface area contributed by atoms with E-state index in [2.05, 4.69) is 23.1 Å². The minimum absolute atomic E-state index is 0.153. The topological polar surface area (TPSA) is 58.8 Å². The van der Waals surface area contributed by atoms with E-state index in [-0.39, 0.29) is 24.2 Å². The lowest BCUT2D eigenvalue weighted by Gasteiger charge is -2.42. The molecule has 0 aromatic heterocycles. The van der Waals surface area contributed by atoms with Crippen LogP contribution in [0.5, 0.6) is 0 Å². The molecule has 2 bridgehead atoms. The minimum Gasteiger partial charge on any atom is -0.444 e. The van der Waals surface area contributed by atoms with Gasteiger partial charge in [-0.2, -0.15) is 0 Å². The number of carbonyl (C=O) groups is 1. The van der Waals surface area contributed by atoms with Gasteiger partial charge in [-0.25, -0.2) is 4.79 Å². The second-order valence-corrected chi connectivity index (χ2v) is 8.80. The summed E-state index contributed by atoms with van der Waals surface area (Å²) in [6, 6.07) is 7.54. The molecule has 1 amide bonds. The van der Waals surface area contributed by atoms with Gasteiger partial charge in [0.2, 0.25) is 0 Å². The normalized spacial score (nSPS) is 28.2. The Bertz CT molecular complexity index is 668. The summed E-state index contributed by atoms with van der Waals surface area (Å²) in [6.45, 7) is 7.57. The summed E-state index contributed by atoms with van der Waals surface area (Å²) in [5.74, 6) is 0. The van der Waals surface area contributed by atoms with Crippen LogP contribution in [-0.4, -0.2) is 47.8 Å². The number of ether oxygens (including phenoxy) is 1. The maximum atomic E-state index is 12.6. The van der Waals surface area contributed by atoms with E-state index in [1.54, 1.807) is 0 Å². The Morgan fingerprint density at radius 1 is 1.12 bits per heavy atom. The van der Waals surface area contributed by atoms with E-state index in [4.69, 9.17) is 10.5 Å². The smallest absolute Gasteiger partial charge is 0.410 e. The fourth-order valence-corrected chi connectivity index (χ4v) is 4.56. The van der Waals surface area contributed by atoms with Crippen molar-refractivity contribution in [3.05, 3.63) is 29.3 Å². The lowest BCUT2D eigenvalue weighted by atomic mass is 10.1. The molecule has 0 spiro atoms. The maximum Gasteiger partial charge on any atom is 0.410 e. The van der Waals surface area contributed by atoms with Crippen molar-refractivity contribution in [3.63, 3.8) is 0 Å². The number of rotatable bonds is 1. The quantitative estimate of drug-likeness (QED) is 0.852. The third kappa shape index (κ3) is 3.22. The second-order valence-electron chi connectivity index (χ2n) is 8.80. The number of anilines is 1. The molecule has 1 aromatic carbocycles. The van der Waals surface area contributed by atoms with Gasteiger partial charge in [0.15, 0.2) is 0 Å². The van der Waals surface area contributed by atoms with E-state index in [1.165, 1.54) is 16.8 Å². The van der Waals surface area contributed by atoms with E-state index < -0.39 is 5.60 Å². The summed E-state index contributed by atoms with van der Waals surface area (Å²) in [4.78, 5) is 17.0. The number of nitrogens with zero attached hydrogens (tertiary/aromatic N) is 2. The first-order valence-corrected chi connectivity index (χ1v) is 9.44. The highest BCUT2D eigenvalue weighted by Gasteiger charge is 2.44. The molecule has 2 saturated heterocycles. The lowest BCUT2D eigenvalue weighted by molar-refractivity contribution is 0.0123. The number of amides is 1. The second kappa shape index (κ2) is 5.90. The van der Waals surface area contributed by atoms with Crippen molar-refractivity contribution in [2.45, 2.75) is 70.2 Å². The van der Waals surface area contributed by atoms with Crippen LogP contribution in [0, 0.1) is 0 Å². The highest BCUT2D eigenvalue weighted by atomic mass is 16.6. The van der Waals surface area contributed by atoms with Crippen molar-refractivity contribution in [3.8, 4) is 0 Å². The van der Waals surface area contributed by atoms with Gasteiger partial charge in [-0.05, 0) is 69.7 Å². The number of hydrogen-bond acceptors (Lipinski definition) is 4. The Hall–Kier alpha value is -1.75. The van der Waals surface area contributed by atoms with Gasteiger partial charge in [0.25, 0.3) is 0 Å². The average molecular weight is 343 g/mol. The largest absolute Gasteiger partial charge is 0.444 e. The molecular weight excluding hydrogens is 314 g/mol. The molecule has 5 heteroatoms. The first-order valence-electron chi connectivity index (χ1n) is 9.44. The van der Waals surface area contributed by atoms with E-state index >= 15 is 0 Å². The predicted molar refractivity (Wildman–Crippen MR) is 98.9 cm³/mol. The standard InChI is InChI=1S/C20H29N3O2/c1-20(2,3)25-19(24)23-17-6-7-18(23)12-22(11-17)16-5-4-13-8-15(21)9-14(13)10-16/h4-5,10,15,17-18H,6-9,11-12,21H2,1-3H3/t15-,17?,18?/m1/s1. The molecule has 1 aliphatic carbocycles. The van der Waals surface area contributed by atoms with Crippen molar-refractivity contribution >= 4 is 11.8 Å². The molecule has 2 N–H and O–H groups in total. The zero-order chi connectivity index (χ0) is 17.8. The number of fused-ring (bicyclic) bond motifs is 3. The molecule has 1 aromatic rings. The van der Waals surface area contributed by atoms with Crippen LogP contribution in [0.3, 0.4) is 0 Å². The maximum absolute atomic E-state index is 12.6. The van der Waals surface area contributed by atoms with Crippen LogP contribution in [-0.2, 0) is 17.6 Å². The van der Waals surface area contributed by atoms with Crippen LogP contribution in [0.25, 0.3) is 0 Å². The van der Waals surface area contributed by atoms with Crippen molar-refractivity contribution in [2.24, 2.45) is 5.73 Å². The predicted octanol–water partition coefficient (Wildman–Crippen LogP) is 2.70. The van der Waals surface area contributed by atoms with Crippen LogP contribution in [0.4, 0.5) is 10.5 Å². The lowest BCUT2D eigenvalue weighted by Crippen LogP contribution is -2.56. The summed E-state index contributed by atoms with van der Waals surface area (Å²) in [6.07, 6.45) is 3.95. The molecule has 3 atom stereocenters. The summed E-state index contributed by atoms with van der Waals surface area (Å²) in [5, 5.41) is 0. The van der Waals surface area contributed by atoms with Gasteiger partial charge in [0.05, 0.1) is 12.1 Å². The van der Waals surface area contributed by atoms with Gasteiger partial charge in [0, 0.05) is 24.8 Å². The number of nitrogens with two attached hydrogens (primary N) is 1. The Kier molecular flexibility index (Phi) is 3.95. The minimum atomic E-state index is -0.438. The molecule has 136 valence electrons. The van der Waals surface area contributed by atoms with E-state index in [9.17, 15) is 4.79 Å². The molecule has 25 heavy (non-hydrogen) atoms. The van der Waals surface area contributed by atoms with Crippen LogP contribution >= 0.6 is 0 Å². The SMILES string of the molecule is CC(C)(C)OC(=O)N1C2CCC1CN(c1ccc3c(c1)C[C@H](N)C3)C2. The number of hydrogen-bond donors (Lipinski definition) is 1. The van der Waals surface area contributed by atoms with Gasteiger partial charge in [-0.3, -0.25) is 4.90 Å². The molecule has 2 aliphatic heterocycles. The molecule has 4 rings (SSSR count). The molecule has 2 fully saturated rings. The van der Waals surface area contributed by atoms with Gasteiger partial charge in [0.1, 0.15) is 5.60 Å². The van der Waals surface area contributed by atoms with Crippen LogP contribution < -0.4 is 10.6 Å². The van der Waals surface area contributed by atoms with Gasteiger partial charge in [-0.1, -0.05) is 6.07 Å². The highest BCUT2D eigenvalue weighted by molar-refractivity contribution is 5.70. The van der Waals surface area contributed by atoms with E-state index in [1.807, 2.05) is 25.7 Å². The number of piperazine rings is 1. The summed E-state index contributed by atoms with van der Waals surface area (Å²) < 4.78 is 5.63. The van der Waals surface area contributed by atoms with Gasteiger partial charge < -0.3 is 15.4 Å². The Morgan fingerprint density at radius 3 is 2.40 bits per heavy atom. The zero-order valence-electron chi connectivity index (χ0n) is 15.5. The molecular formula is C20H29N3O2. The monoisotopic (exact) mass is 343 g/mol. The summed E-state index contributed by atoms with van der Waals surface area (Å²) in [7, 11) is 0. The van der Waals surface area contributed by atoms with Crippen molar-refractivity contribution in [1.82, 2.24) is 4.90 Å². The number of carbonyl (C=O) groups excluding carboxylic acids is 1. The molecule has 0 radical (unpaired) electrons. The molecule has 5 nitrogen and oxygen atoms in total. The van der Waals surface area contributed by atoms with Crippen LogP contribution in [0.15, 0.2) is 18.2 Å². The molecule has 2 unspecified atom stereocenters. The number of benzene rings is 1. The van der Waals surface area contributed by atoms with Gasteiger partial charge in [-0.15, -0.1) is 0 Å². The van der Waals surface area contributed by atoms with Crippen molar-refractivity contribution < 1.29 is 9.53 Å². The first kappa shape index (κ1) is 16.7. The average Bonchev–Trinajstić information content (AvgIpc) is 3.01. The van der Waals surface area contributed by atoms with Crippen LogP contribution in [0.1, 0.15) is 44.7 Å². The van der Waals surface area contributed by atoms with Gasteiger partial charge >= 0.3 is 6.09 Å². The first-order chi connectivity index (χ1) is 11.8. The molecule has 2 heterocycles. The highest BCUT2D eigenvalue weighted by Crippen LogP contribution is 2.35. The Morgan fingerprint density at radius 2 is 1.76 bits per heavy atom. The fraction of sp³-hybridized carbons (Fsp3) is 0.650. The van der Waals surface area contributed by atoms with E-state index in [0.717, 1.165) is 38.8 Å². The Balaban J connectivity index is 1.49. The van der Waals surface area contributed by atoms with E-state index in [0.29, 0.717) is 0 Å². The van der Waals surface area contributed by atoms with Crippen LogP contribution in [0.2, 0.25) is 0 Å². The third-order valence-electron chi connectivity index (χ3n) is 5.61. The van der Waals surface area contributed by atoms with Crippen molar-refractivity contribution in [1.29, 1.82) is 0 Å². The summed E-state index contributed by atoms with van der Waals surface area (Å²) in [5.41, 5.74) is 9.72. The molecule has 0 saturated carbocycles. The summed E-state index contributed by atoms with van der Waals surface area (Å²) >= 11 is 0. The Labute approximate surface area is 150 Å². The molecule has 3 aliphatic rings. The third-order valence-corrected chi connectivity index (χ3v) is 5.61.